The smallest absolute Gasteiger partial charge is 0.257 e. The number of hydrogen-bond acceptors (Lipinski definition) is 7. The minimum absolute atomic E-state index is 0.128. The maximum Gasteiger partial charge on any atom is 0.257 e. The van der Waals surface area contributed by atoms with Gasteiger partial charge in [0.15, 0.2) is 5.75 Å². The molecule has 0 N–H and O–H groups in total. The number of fused-ring (bicyclic) bond motifs is 1. The summed E-state index contributed by atoms with van der Waals surface area (Å²) in [4.78, 5) is 11.3. The zero-order valence-corrected chi connectivity index (χ0v) is 16.0. The van der Waals surface area contributed by atoms with Crippen molar-refractivity contribution in [3.8, 4) is 23.3 Å². The third-order valence-electron chi connectivity index (χ3n) is 4.91. The van der Waals surface area contributed by atoms with E-state index in [1.807, 2.05) is 31.2 Å². The zero-order valence-electron chi connectivity index (χ0n) is 16.0. The number of pyridine rings is 2. The van der Waals surface area contributed by atoms with Crippen LogP contribution < -0.4 is 18.9 Å². The number of rotatable bonds is 5. The third-order valence-corrected chi connectivity index (χ3v) is 4.91. The van der Waals surface area contributed by atoms with Crippen LogP contribution in [-0.2, 0) is 6.54 Å². The molecule has 1 saturated heterocycles. The van der Waals surface area contributed by atoms with Gasteiger partial charge >= 0.3 is 0 Å². The van der Waals surface area contributed by atoms with E-state index in [4.69, 9.17) is 18.9 Å². The van der Waals surface area contributed by atoms with Gasteiger partial charge in [0.25, 0.3) is 5.88 Å². The number of hydrogen-bond donors (Lipinski definition) is 0. The molecule has 7 heteroatoms. The highest BCUT2D eigenvalue weighted by molar-refractivity contribution is 5.36. The number of aryl methyl sites for hydroxylation is 1. The van der Waals surface area contributed by atoms with Gasteiger partial charge in [0.1, 0.15) is 25.1 Å². The second-order valence-corrected chi connectivity index (χ2v) is 7.04. The molecular weight excluding hydrogens is 346 g/mol. The standard InChI is InChI=1S/C20H25N3O4/c1-13-8-16(10-19(21-13)24-3)27-17-9-14(2)23(12-17)11-15-4-5-18-20(22-15)26-7-6-25-18/h4-5,8,10,14,17H,6-7,9,11-12H2,1-3H3/t14-,17+/m0/s1. The largest absolute Gasteiger partial charge is 0.489 e. The lowest BCUT2D eigenvalue weighted by Crippen LogP contribution is -2.28. The molecule has 2 aromatic heterocycles. The molecule has 0 spiro atoms. The Labute approximate surface area is 159 Å². The first kappa shape index (κ1) is 17.9. The first-order valence-electron chi connectivity index (χ1n) is 9.29. The van der Waals surface area contributed by atoms with Crippen molar-refractivity contribution in [3.05, 3.63) is 35.7 Å². The highest BCUT2D eigenvalue weighted by atomic mass is 16.6. The lowest BCUT2D eigenvalue weighted by molar-refractivity contribution is 0.162. The van der Waals surface area contributed by atoms with Gasteiger partial charge in [-0.05, 0) is 26.0 Å². The topological polar surface area (TPSA) is 65.9 Å². The van der Waals surface area contributed by atoms with E-state index in [1.54, 1.807) is 7.11 Å². The molecular formula is C20H25N3O4. The number of methoxy groups -OCH3 is 1. The maximum absolute atomic E-state index is 6.20. The van der Waals surface area contributed by atoms with Gasteiger partial charge in [-0.25, -0.2) is 9.97 Å². The van der Waals surface area contributed by atoms with E-state index in [0.29, 0.717) is 31.0 Å². The van der Waals surface area contributed by atoms with Gasteiger partial charge in [-0.3, -0.25) is 4.90 Å². The Morgan fingerprint density at radius 1 is 1.19 bits per heavy atom. The number of ether oxygens (including phenoxy) is 4. The zero-order chi connectivity index (χ0) is 18.8. The van der Waals surface area contributed by atoms with Gasteiger partial charge in [0.2, 0.25) is 5.88 Å². The highest BCUT2D eigenvalue weighted by Crippen LogP contribution is 2.30. The summed E-state index contributed by atoms with van der Waals surface area (Å²) in [6.07, 6.45) is 1.09. The van der Waals surface area contributed by atoms with E-state index in [-0.39, 0.29) is 6.10 Å². The summed E-state index contributed by atoms with van der Waals surface area (Å²) in [6.45, 7) is 6.90. The van der Waals surface area contributed by atoms with Crippen LogP contribution in [0.1, 0.15) is 24.7 Å². The van der Waals surface area contributed by atoms with Crippen LogP contribution in [0.5, 0.6) is 23.3 Å². The summed E-state index contributed by atoms with van der Waals surface area (Å²) in [6, 6.07) is 8.14. The molecule has 0 aromatic carbocycles. The van der Waals surface area contributed by atoms with E-state index in [9.17, 15) is 0 Å². The van der Waals surface area contributed by atoms with Crippen molar-refractivity contribution >= 4 is 0 Å². The average molecular weight is 371 g/mol. The molecule has 0 amide bonds. The fourth-order valence-electron chi connectivity index (χ4n) is 3.59. The molecule has 2 aliphatic rings. The third kappa shape index (κ3) is 4.08. The molecule has 0 bridgehead atoms. The maximum atomic E-state index is 6.20. The van der Waals surface area contributed by atoms with Crippen molar-refractivity contribution < 1.29 is 18.9 Å². The summed E-state index contributed by atoms with van der Waals surface area (Å²) in [5.41, 5.74) is 1.86. The first-order valence-corrected chi connectivity index (χ1v) is 9.29. The summed E-state index contributed by atoms with van der Waals surface area (Å²) in [5.74, 6) is 2.70. The fourth-order valence-corrected chi connectivity index (χ4v) is 3.59. The molecule has 2 atom stereocenters. The van der Waals surface area contributed by atoms with Crippen LogP contribution in [0.25, 0.3) is 0 Å². The molecule has 1 fully saturated rings. The molecule has 4 heterocycles. The number of nitrogens with zero attached hydrogens (tertiary/aromatic N) is 3. The van der Waals surface area contributed by atoms with E-state index in [2.05, 4.69) is 21.8 Å². The van der Waals surface area contributed by atoms with E-state index in [1.165, 1.54) is 0 Å². The van der Waals surface area contributed by atoms with Crippen LogP contribution in [-0.4, -0.2) is 53.9 Å². The van der Waals surface area contributed by atoms with Crippen molar-refractivity contribution in [2.45, 2.75) is 39.0 Å². The Hall–Kier alpha value is -2.54. The quantitative estimate of drug-likeness (QED) is 0.800. The van der Waals surface area contributed by atoms with Crippen LogP contribution in [0.15, 0.2) is 24.3 Å². The summed E-state index contributed by atoms with van der Waals surface area (Å²) >= 11 is 0. The van der Waals surface area contributed by atoms with Crippen molar-refractivity contribution in [1.82, 2.24) is 14.9 Å². The molecule has 0 aliphatic carbocycles. The van der Waals surface area contributed by atoms with Gasteiger partial charge < -0.3 is 18.9 Å². The van der Waals surface area contributed by atoms with Gasteiger partial charge in [-0.15, -0.1) is 0 Å². The Morgan fingerprint density at radius 2 is 2.04 bits per heavy atom. The Balaban J connectivity index is 1.40. The first-order chi connectivity index (χ1) is 13.1. The average Bonchev–Trinajstić information content (AvgIpc) is 3.00. The normalized spacial score (nSPS) is 21.9. The van der Waals surface area contributed by atoms with Crippen LogP contribution in [0.4, 0.5) is 0 Å². The van der Waals surface area contributed by atoms with Crippen molar-refractivity contribution in [1.29, 1.82) is 0 Å². The predicted octanol–water partition coefficient (Wildman–Crippen LogP) is 2.61. The second-order valence-electron chi connectivity index (χ2n) is 7.04. The summed E-state index contributed by atoms with van der Waals surface area (Å²) in [7, 11) is 1.62. The fraction of sp³-hybridized carbons (Fsp3) is 0.500. The van der Waals surface area contributed by atoms with Gasteiger partial charge in [-0.1, -0.05) is 0 Å². The van der Waals surface area contributed by atoms with Crippen LogP contribution in [0, 0.1) is 6.92 Å². The lowest BCUT2D eigenvalue weighted by Gasteiger charge is -2.22. The van der Waals surface area contributed by atoms with Crippen LogP contribution >= 0.6 is 0 Å². The molecule has 0 saturated carbocycles. The SMILES string of the molecule is COc1cc(O[C@@H]2C[C@H](C)N(Cc3ccc4c(n3)OCCO4)C2)cc(C)n1. The Morgan fingerprint density at radius 3 is 2.89 bits per heavy atom. The molecule has 27 heavy (non-hydrogen) atoms. The van der Waals surface area contributed by atoms with Crippen LogP contribution in [0.2, 0.25) is 0 Å². The summed E-state index contributed by atoms with van der Waals surface area (Å²) in [5, 5.41) is 0. The number of likely N-dealkylation sites (tertiary alicyclic amines) is 1. The second kappa shape index (κ2) is 7.60. The van der Waals surface area contributed by atoms with Gasteiger partial charge in [0.05, 0.1) is 12.8 Å². The van der Waals surface area contributed by atoms with E-state index >= 15 is 0 Å². The van der Waals surface area contributed by atoms with Crippen molar-refractivity contribution in [2.24, 2.45) is 0 Å². The summed E-state index contributed by atoms with van der Waals surface area (Å²) < 4.78 is 22.6. The molecule has 7 nitrogen and oxygen atoms in total. The molecule has 144 valence electrons. The molecule has 0 unspecified atom stereocenters. The molecule has 0 radical (unpaired) electrons. The minimum Gasteiger partial charge on any atom is -0.489 e. The monoisotopic (exact) mass is 371 g/mol. The van der Waals surface area contributed by atoms with E-state index < -0.39 is 0 Å². The Bertz CT molecular complexity index is 814. The number of aromatic nitrogens is 2. The van der Waals surface area contributed by atoms with Crippen molar-refractivity contribution in [2.75, 3.05) is 26.9 Å². The molecule has 2 aromatic rings. The Kier molecular flexibility index (Phi) is 5.03. The van der Waals surface area contributed by atoms with Crippen LogP contribution in [0.3, 0.4) is 0 Å². The van der Waals surface area contributed by atoms with Gasteiger partial charge in [-0.2, -0.15) is 0 Å². The van der Waals surface area contributed by atoms with Crippen molar-refractivity contribution in [3.63, 3.8) is 0 Å². The van der Waals surface area contributed by atoms with Gasteiger partial charge in [0, 0.05) is 43.4 Å². The minimum atomic E-state index is 0.128. The highest BCUT2D eigenvalue weighted by Gasteiger charge is 2.31. The molecule has 4 rings (SSSR count). The molecule has 2 aliphatic heterocycles. The van der Waals surface area contributed by atoms with E-state index in [0.717, 1.165) is 42.4 Å². The lowest BCUT2D eigenvalue weighted by atomic mass is 10.2. The predicted molar refractivity (Wildman–Crippen MR) is 99.7 cm³/mol.